The molecule has 0 unspecified atom stereocenters. The number of rotatable bonds is 1. The summed E-state index contributed by atoms with van der Waals surface area (Å²) < 4.78 is 4.58. The van der Waals surface area contributed by atoms with Crippen molar-refractivity contribution in [2.24, 2.45) is 5.73 Å². The van der Waals surface area contributed by atoms with Crippen molar-refractivity contribution in [1.29, 1.82) is 5.26 Å². The van der Waals surface area contributed by atoms with E-state index in [1.54, 1.807) is 20.8 Å². The molecule has 0 aliphatic carbocycles. The number of aromatic amines is 1. The average Bonchev–Trinajstić information content (AvgIpc) is 3.12. The van der Waals surface area contributed by atoms with Crippen LogP contribution in [0.3, 0.4) is 0 Å². The molecule has 0 bridgehead atoms. The maximum Gasteiger partial charge on any atom is 0.405 e. The Morgan fingerprint density at radius 2 is 1.92 bits per heavy atom. The van der Waals surface area contributed by atoms with Crippen LogP contribution < -0.4 is 10.6 Å². The number of amides is 1. The van der Waals surface area contributed by atoms with E-state index in [4.69, 9.17) is 5.73 Å². The van der Waals surface area contributed by atoms with E-state index in [0.29, 0.717) is 0 Å². The summed E-state index contributed by atoms with van der Waals surface area (Å²) in [4.78, 5) is 15.7. The van der Waals surface area contributed by atoms with Crippen LogP contribution in [0.1, 0.15) is 39.2 Å². The number of para-hydroxylation sites is 1. The van der Waals surface area contributed by atoms with E-state index >= 15 is 0 Å². The summed E-state index contributed by atoms with van der Waals surface area (Å²) in [7, 11) is 0. The molecule has 1 aliphatic heterocycles. The normalized spacial score (nSPS) is 14.0. The van der Waals surface area contributed by atoms with Gasteiger partial charge in [-0.3, -0.25) is 0 Å². The minimum absolute atomic E-state index is 0.453. The highest BCUT2D eigenvalue weighted by molar-refractivity contribution is 5.91. The van der Waals surface area contributed by atoms with E-state index in [1.165, 1.54) is 12.8 Å². The first-order valence-corrected chi connectivity index (χ1v) is 8.06. The quantitative estimate of drug-likeness (QED) is 0.837. The second kappa shape index (κ2) is 7.26. The summed E-state index contributed by atoms with van der Waals surface area (Å²) >= 11 is 0. The number of benzene rings is 1. The number of anilines is 1. The second-order valence-electron chi connectivity index (χ2n) is 6.73. The Labute approximate surface area is 142 Å². The van der Waals surface area contributed by atoms with Crippen LogP contribution in [0, 0.1) is 11.3 Å². The van der Waals surface area contributed by atoms with Gasteiger partial charge in [-0.05, 0) is 39.7 Å². The van der Waals surface area contributed by atoms with Gasteiger partial charge in [0.15, 0.2) is 0 Å². The van der Waals surface area contributed by atoms with Gasteiger partial charge in [0.1, 0.15) is 23.1 Å². The third kappa shape index (κ3) is 4.42. The Bertz CT molecular complexity index is 746. The Hall–Kier alpha value is -2.68. The highest BCUT2D eigenvalue weighted by Gasteiger charge is 2.19. The third-order valence-electron chi connectivity index (χ3n) is 3.63. The molecule has 0 atom stereocenters. The Morgan fingerprint density at radius 3 is 2.42 bits per heavy atom. The lowest BCUT2D eigenvalue weighted by molar-refractivity contribution is 0.0600. The van der Waals surface area contributed by atoms with Gasteiger partial charge < -0.3 is 20.4 Å². The Morgan fingerprint density at radius 1 is 1.29 bits per heavy atom. The zero-order valence-corrected chi connectivity index (χ0v) is 14.4. The highest BCUT2D eigenvalue weighted by atomic mass is 16.6. The zero-order chi connectivity index (χ0) is 17.7. The number of hydrogen-bond acceptors (Lipinski definition) is 4. The number of H-pyrrole nitrogens is 1. The standard InChI is InChI=1S/C13H13N3.C5H11NO2/c14-9-11-10-5-1-2-6-12(10)15-13(11)16-7-3-4-8-16;1-5(2,3)8-4(6)7/h1-2,5-6,15H,3-4,7-8H2;1-3H3,(H2,6,7). The van der Waals surface area contributed by atoms with Gasteiger partial charge in [0.05, 0.1) is 0 Å². The van der Waals surface area contributed by atoms with E-state index in [2.05, 4.69) is 20.7 Å². The van der Waals surface area contributed by atoms with Crippen LogP contribution >= 0.6 is 0 Å². The molecule has 128 valence electrons. The van der Waals surface area contributed by atoms with Gasteiger partial charge in [-0.15, -0.1) is 0 Å². The van der Waals surface area contributed by atoms with E-state index in [-0.39, 0.29) is 0 Å². The topological polar surface area (TPSA) is 95.1 Å². The van der Waals surface area contributed by atoms with Crippen LogP contribution in [-0.2, 0) is 4.74 Å². The number of carbonyl (C=O) groups is 1. The van der Waals surface area contributed by atoms with Gasteiger partial charge in [0.2, 0.25) is 0 Å². The fourth-order valence-electron chi connectivity index (χ4n) is 2.72. The van der Waals surface area contributed by atoms with Crippen molar-refractivity contribution in [2.75, 3.05) is 18.0 Å². The minimum Gasteiger partial charge on any atom is -0.444 e. The molecule has 1 fully saturated rings. The lowest BCUT2D eigenvalue weighted by Gasteiger charge is -2.16. The van der Waals surface area contributed by atoms with Crippen LogP contribution in [0.15, 0.2) is 24.3 Å². The first-order chi connectivity index (χ1) is 11.3. The molecule has 24 heavy (non-hydrogen) atoms. The van der Waals surface area contributed by atoms with Crippen molar-refractivity contribution in [1.82, 2.24) is 4.98 Å². The second-order valence-corrected chi connectivity index (χ2v) is 6.73. The van der Waals surface area contributed by atoms with E-state index in [0.717, 1.165) is 35.4 Å². The molecule has 1 amide bonds. The molecule has 2 heterocycles. The molecular weight excluding hydrogens is 304 g/mol. The van der Waals surface area contributed by atoms with Crippen molar-refractivity contribution in [3.05, 3.63) is 29.8 Å². The van der Waals surface area contributed by atoms with Gasteiger partial charge in [-0.1, -0.05) is 18.2 Å². The molecule has 6 nitrogen and oxygen atoms in total. The lowest BCUT2D eigenvalue weighted by atomic mass is 10.2. The number of nitriles is 1. The van der Waals surface area contributed by atoms with Gasteiger partial charge >= 0.3 is 6.09 Å². The van der Waals surface area contributed by atoms with E-state index in [1.807, 2.05) is 24.3 Å². The summed E-state index contributed by atoms with van der Waals surface area (Å²) in [5, 5.41) is 10.3. The molecule has 6 heteroatoms. The number of carbonyl (C=O) groups excluding carboxylic acids is 1. The number of ether oxygens (including phenoxy) is 1. The summed E-state index contributed by atoms with van der Waals surface area (Å²) in [6.45, 7) is 7.40. The van der Waals surface area contributed by atoms with Gasteiger partial charge in [-0.2, -0.15) is 5.26 Å². The number of hydrogen-bond donors (Lipinski definition) is 2. The predicted octanol–water partition coefficient (Wildman–Crippen LogP) is 3.52. The molecule has 0 saturated carbocycles. The summed E-state index contributed by atoms with van der Waals surface area (Å²) in [5.74, 6) is 1.00. The molecule has 1 aromatic heterocycles. The zero-order valence-electron chi connectivity index (χ0n) is 14.4. The largest absolute Gasteiger partial charge is 0.444 e. The Balaban J connectivity index is 0.000000224. The Kier molecular flexibility index (Phi) is 5.35. The predicted molar refractivity (Wildman–Crippen MR) is 94.9 cm³/mol. The summed E-state index contributed by atoms with van der Waals surface area (Å²) in [6.07, 6.45) is 1.72. The average molecular weight is 328 g/mol. The molecule has 0 radical (unpaired) electrons. The monoisotopic (exact) mass is 328 g/mol. The maximum absolute atomic E-state index is 10.0. The van der Waals surface area contributed by atoms with Crippen molar-refractivity contribution >= 4 is 22.8 Å². The first-order valence-electron chi connectivity index (χ1n) is 8.06. The lowest BCUT2D eigenvalue weighted by Crippen LogP contribution is -2.27. The van der Waals surface area contributed by atoms with Crippen molar-refractivity contribution in [2.45, 2.75) is 39.2 Å². The van der Waals surface area contributed by atoms with Crippen molar-refractivity contribution < 1.29 is 9.53 Å². The van der Waals surface area contributed by atoms with Crippen LogP contribution in [0.25, 0.3) is 10.9 Å². The van der Waals surface area contributed by atoms with Crippen molar-refractivity contribution in [3.8, 4) is 6.07 Å². The fourth-order valence-corrected chi connectivity index (χ4v) is 2.72. The van der Waals surface area contributed by atoms with E-state index in [9.17, 15) is 10.1 Å². The molecule has 1 aromatic carbocycles. The smallest absolute Gasteiger partial charge is 0.405 e. The van der Waals surface area contributed by atoms with Crippen LogP contribution in [0.2, 0.25) is 0 Å². The molecule has 1 saturated heterocycles. The van der Waals surface area contributed by atoms with Crippen LogP contribution in [0.4, 0.5) is 10.6 Å². The van der Waals surface area contributed by atoms with Gasteiger partial charge in [-0.25, -0.2) is 4.79 Å². The number of aromatic nitrogens is 1. The molecular formula is C18H24N4O2. The summed E-state index contributed by atoms with van der Waals surface area (Å²) in [6, 6.07) is 10.3. The number of nitrogens with two attached hydrogens (primary N) is 1. The highest BCUT2D eigenvalue weighted by Crippen LogP contribution is 2.30. The number of primary amides is 1. The number of nitrogens with zero attached hydrogens (tertiary/aromatic N) is 2. The third-order valence-corrected chi connectivity index (χ3v) is 3.63. The number of nitrogens with one attached hydrogen (secondary N) is 1. The molecule has 3 N–H and O–H groups in total. The van der Waals surface area contributed by atoms with Gasteiger partial charge in [0.25, 0.3) is 0 Å². The van der Waals surface area contributed by atoms with Crippen molar-refractivity contribution in [3.63, 3.8) is 0 Å². The molecule has 0 spiro atoms. The minimum atomic E-state index is -0.725. The molecule has 2 aromatic rings. The molecule has 1 aliphatic rings. The summed E-state index contributed by atoms with van der Waals surface area (Å²) in [5.41, 5.74) is 6.11. The number of fused-ring (bicyclic) bond motifs is 1. The molecule has 3 rings (SSSR count). The maximum atomic E-state index is 10.0. The SMILES string of the molecule is CC(C)(C)OC(N)=O.N#Cc1c(N2CCCC2)[nH]c2ccccc12. The van der Waals surface area contributed by atoms with Crippen LogP contribution in [-0.4, -0.2) is 29.8 Å². The fraction of sp³-hybridized carbons (Fsp3) is 0.444. The van der Waals surface area contributed by atoms with Gasteiger partial charge in [0, 0.05) is 24.0 Å². The van der Waals surface area contributed by atoms with Crippen LogP contribution in [0.5, 0.6) is 0 Å². The first kappa shape index (κ1) is 17.7. The van der Waals surface area contributed by atoms with E-state index < -0.39 is 11.7 Å².